The van der Waals surface area contributed by atoms with Gasteiger partial charge in [0.25, 0.3) is 5.91 Å². The van der Waals surface area contributed by atoms with Gasteiger partial charge in [-0.15, -0.1) is 0 Å². The van der Waals surface area contributed by atoms with Crippen molar-refractivity contribution < 1.29 is 24.2 Å². The van der Waals surface area contributed by atoms with Crippen LogP contribution >= 0.6 is 0 Å². The minimum Gasteiger partial charge on any atom is -0.507 e. The second-order valence-corrected chi connectivity index (χ2v) is 6.67. The highest BCUT2D eigenvalue weighted by molar-refractivity contribution is 6.10. The second kappa shape index (κ2) is 6.71. The summed E-state index contributed by atoms with van der Waals surface area (Å²) in [6.07, 6.45) is 4.59. The Kier molecular flexibility index (Phi) is 4.24. The van der Waals surface area contributed by atoms with Gasteiger partial charge in [-0.05, 0) is 49.1 Å². The molecule has 1 saturated carbocycles. The van der Waals surface area contributed by atoms with Crippen molar-refractivity contribution in [2.24, 2.45) is 5.92 Å². The zero-order valence-electron chi connectivity index (χ0n) is 14.2. The van der Waals surface area contributed by atoms with Crippen LogP contribution in [0, 0.1) is 5.92 Å². The SMILES string of the molecule is O=C(OCC1CCCC1)c1ccc2c(c1)NC(=O)c1c(O)cccc1O2. The Balaban J connectivity index is 1.55. The first kappa shape index (κ1) is 16.4. The number of phenolic OH excluding ortho intramolecular Hbond substituents is 1. The first-order valence-electron chi connectivity index (χ1n) is 8.74. The molecule has 1 aliphatic heterocycles. The number of rotatable bonds is 3. The molecule has 2 aromatic rings. The summed E-state index contributed by atoms with van der Waals surface area (Å²) in [4.78, 5) is 24.7. The van der Waals surface area contributed by atoms with E-state index >= 15 is 0 Å². The van der Waals surface area contributed by atoms with Gasteiger partial charge in [0.15, 0.2) is 5.75 Å². The van der Waals surface area contributed by atoms with E-state index in [0.29, 0.717) is 29.5 Å². The number of aromatic hydroxyl groups is 1. The summed E-state index contributed by atoms with van der Waals surface area (Å²) >= 11 is 0. The quantitative estimate of drug-likeness (QED) is 0.812. The van der Waals surface area contributed by atoms with Crippen LogP contribution in [0.5, 0.6) is 17.2 Å². The third kappa shape index (κ3) is 3.10. The molecule has 0 radical (unpaired) electrons. The highest BCUT2D eigenvalue weighted by Crippen LogP contribution is 2.39. The van der Waals surface area contributed by atoms with Crippen molar-refractivity contribution in [2.75, 3.05) is 11.9 Å². The molecular weight excluding hydrogens is 334 g/mol. The third-order valence-corrected chi connectivity index (χ3v) is 4.84. The van der Waals surface area contributed by atoms with E-state index < -0.39 is 11.9 Å². The topological polar surface area (TPSA) is 84.9 Å². The highest BCUT2D eigenvalue weighted by atomic mass is 16.5. The van der Waals surface area contributed by atoms with E-state index in [2.05, 4.69) is 5.32 Å². The molecule has 1 amide bonds. The predicted octanol–water partition coefficient (Wildman–Crippen LogP) is 4.10. The minimum absolute atomic E-state index is 0.0639. The van der Waals surface area contributed by atoms with Gasteiger partial charge in [0.2, 0.25) is 0 Å². The van der Waals surface area contributed by atoms with Gasteiger partial charge in [-0.25, -0.2) is 4.79 Å². The van der Waals surface area contributed by atoms with E-state index in [1.54, 1.807) is 24.3 Å². The lowest BCUT2D eigenvalue weighted by Gasteiger charge is -2.12. The van der Waals surface area contributed by atoms with Gasteiger partial charge in [0.05, 0.1) is 17.9 Å². The van der Waals surface area contributed by atoms with Crippen molar-refractivity contribution in [3.63, 3.8) is 0 Å². The molecule has 0 aromatic heterocycles. The van der Waals surface area contributed by atoms with Crippen molar-refractivity contribution in [1.29, 1.82) is 0 Å². The smallest absolute Gasteiger partial charge is 0.338 e. The summed E-state index contributed by atoms with van der Waals surface area (Å²) in [7, 11) is 0. The zero-order valence-corrected chi connectivity index (χ0v) is 14.2. The van der Waals surface area contributed by atoms with E-state index in [0.717, 1.165) is 12.8 Å². The van der Waals surface area contributed by atoms with Gasteiger partial charge < -0.3 is 19.9 Å². The first-order chi connectivity index (χ1) is 12.6. The number of ether oxygens (including phenoxy) is 2. The summed E-state index contributed by atoms with van der Waals surface area (Å²) in [5.74, 6) is 0.0315. The standard InChI is InChI=1S/C20H19NO5/c22-15-6-3-7-17-18(15)19(23)21-14-10-13(8-9-16(14)26-17)20(24)25-11-12-4-1-2-5-12/h3,6-10,12,22H,1-2,4-5,11H2,(H,21,23). The average Bonchev–Trinajstić information content (AvgIpc) is 3.09. The number of hydrogen-bond acceptors (Lipinski definition) is 5. The van der Waals surface area contributed by atoms with E-state index in [1.807, 2.05) is 0 Å². The van der Waals surface area contributed by atoms with Crippen molar-refractivity contribution in [3.05, 3.63) is 47.5 Å². The predicted molar refractivity (Wildman–Crippen MR) is 94.8 cm³/mol. The molecule has 4 rings (SSSR count). The molecule has 0 saturated heterocycles. The molecule has 1 heterocycles. The maximum Gasteiger partial charge on any atom is 0.338 e. The Morgan fingerprint density at radius 1 is 1.19 bits per heavy atom. The fourth-order valence-corrected chi connectivity index (χ4v) is 3.43. The molecule has 0 bridgehead atoms. The number of esters is 1. The Labute approximate surface area is 150 Å². The maximum atomic E-state index is 12.4. The number of hydrogen-bond donors (Lipinski definition) is 2. The second-order valence-electron chi connectivity index (χ2n) is 6.67. The normalized spacial score (nSPS) is 16.1. The van der Waals surface area contributed by atoms with Crippen LogP contribution < -0.4 is 10.1 Å². The number of benzene rings is 2. The molecule has 2 N–H and O–H groups in total. The van der Waals surface area contributed by atoms with Crippen molar-refractivity contribution >= 4 is 17.6 Å². The Morgan fingerprint density at radius 2 is 2.00 bits per heavy atom. The van der Waals surface area contributed by atoms with Gasteiger partial charge in [-0.2, -0.15) is 0 Å². The van der Waals surface area contributed by atoms with Crippen LogP contribution in [0.3, 0.4) is 0 Å². The van der Waals surface area contributed by atoms with Crippen molar-refractivity contribution in [3.8, 4) is 17.2 Å². The van der Waals surface area contributed by atoms with Gasteiger partial charge in [0.1, 0.15) is 17.1 Å². The fourth-order valence-electron chi connectivity index (χ4n) is 3.43. The van der Waals surface area contributed by atoms with Crippen LogP contribution in [0.15, 0.2) is 36.4 Å². The maximum absolute atomic E-state index is 12.4. The molecule has 1 aliphatic carbocycles. The van der Waals surface area contributed by atoms with E-state index in [-0.39, 0.29) is 17.1 Å². The van der Waals surface area contributed by atoms with Gasteiger partial charge in [-0.3, -0.25) is 4.79 Å². The molecule has 26 heavy (non-hydrogen) atoms. The van der Waals surface area contributed by atoms with Crippen molar-refractivity contribution in [2.45, 2.75) is 25.7 Å². The van der Waals surface area contributed by atoms with Crippen LogP contribution in [-0.2, 0) is 4.74 Å². The highest BCUT2D eigenvalue weighted by Gasteiger charge is 2.25. The van der Waals surface area contributed by atoms with Crippen molar-refractivity contribution in [1.82, 2.24) is 0 Å². The van der Waals surface area contributed by atoms with E-state index in [4.69, 9.17) is 9.47 Å². The fraction of sp³-hybridized carbons (Fsp3) is 0.300. The monoisotopic (exact) mass is 353 g/mol. The lowest BCUT2D eigenvalue weighted by atomic mass is 10.1. The van der Waals surface area contributed by atoms with Crippen LogP contribution in [0.1, 0.15) is 46.4 Å². The number of carbonyl (C=O) groups is 2. The van der Waals surface area contributed by atoms with Crippen LogP contribution in [0.2, 0.25) is 0 Å². The van der Waals surface area contributed by atoms with E-state index in [9.17, 15) is 14.7 Å². The minimum atomic E-state index is -0.492. The third-order valence-electron chi connectivity index (χ3n) is 4.84. The first-order valence-corrected chi connectivity index (χ1v) is 8.74. The Hall–Kier alpha value is -3.02. The number of fused-ring (bicyclic) bond motifs is 2. The average molecular weight is 353 g/mol. The van der Waals surface area contributed by atoms with E-state index in [1.165, 1.54) is 25.0 Å². The van der Waals surface area contributed by atoms with Crippen LogP contribution in [0.25, 0.3) is 0 Å². The molecule has 6 nitrogen and oxygen atoms in total. The largest absolute Gasteiger partial charge is 0.507 e. The summed E-state index contributed by atoms with van der Waals surface area (Å²) < 4.78 is 11.1. The van der Waals surface area contributed by atoms with Gasteiger partial charge in [0, 0.05) is 0 Å². The molecule has 2 aliphatic rings. The van der Waals surface area contributed by atoms with Gasteiger partial charge >= 0.3 is 5.97 Å². The summed E-state index contributed by atoms with van der Waals surface area (Å²) in [5.41, 5.74) is 0.774. The number of phenols is 1. The number of nitrogens with one attached hydrogen (secondary N) is 1. The summed E-state index contributed by atoms with van der Waals surface area (Å²) in [6, 6.07) is 9.38. The Morgan fingerprint density at radius 3 is 2.81 bits per heavy atom. The lowest BCUT2D eigenvalue weighted by Crippen LogP contribution is -2.13. The molecule has 0 atom stereocenters. The van der Waals surface area contributed by atoms with Crippen LogP contribution in [0.4, 0.5) is 5.69 Å². The lowest BCUT2D eigenvalue weighted by molar-refractivity contribution is 0.0442. The summed E-state index contributed by atoms with van der Waals surface area (Å²) in [6.45, 7) is 0.429. The molecule has 0 unspecified atom stereocenters. The Bertz CT molecular complexity index is 871. The zero-order chi connectivity index (χ0) is 18.1. The summed E-state index contributed by atoms with van der Waals surface area (Å²) in [5, 5.41) is 12.6. The van der Waals surface area contributed by atoms with Gasteiger partial charge in [-0.1, -0.05) is 18.9 Å². The van der Waals surface area contributed by atoms with Crippen LogP contribution in [-0.4, -0.2) is 23.6 Å². The molecule has 134 valence electrons. The molecule has 2 aromatic carbocycles. The molecule has 6 heteroatoms. The number of amides is 1. The molecule has 1 fully saturated rings. The number of carbonyl (C=O) groups excluding carboxylic acids is 2. The molecule has 0 spiro atoms. The number of anilines is 1. The molecular formula is C20H19NO5.